The van der Waals surface area contributed by atoms with Gasteiger partial charge in [-0.05, 0) is 37.5 Å². The van der Waals surface area contributed by atoms with Gasteiger partial charge in [0.1, 0.15) is 12.3 Å². The Hall–Kier alpha value is -3.50. The molecule has 0 aliphatic rings. The first kappa shape index (κ1) is 22.8. The minimum absolute atomic E-state index is 0.0561. The maximum atomic E-state index is 12.0. The van der Waals surface area contributed by atoms with E-state index in [0.717, 1.165) is 0 Å². The number of aliphatic carboxylic acids is 1. The van der Waals surface area contributed by atoms with Gasteiger partial charge in [0, 0.05) is 12.1 Å². The zero-order chi connectivity index (χ0) is 22.3. The van der Waals surface area contributed by atoms with Crippen molar-refractivity contribution in [1.29, 1.82) is 0 Å². The van der Waals surface area contributed by atoms with Crippen LogP contribution in [0, 0.1) is 0 Å². The number of carbonyl (C=O) groups excluding carboxylic acids is 1. The van der Waals surface area contributed by atoms with Crippen LogP contribution in [0.15, 0.2) is 36.4 Å². The summed E-state index contributed by atoms with van der Waals surface area (Å²) in [7, 11) is 0. The zero-order valence-electron chi connectivity index (χ0n) is 15.9. The molecule has 2 atom stereocenters. The largest absolute Gasteiger partial charge is 0.504 e. The smallest absolute Gasteiger partial charge is 0.320 e. The molecule has 0 aliphatic heterocycles. The number of carboxylic acid groups (broad SMARTS) is 1. The molecule has 10 nitrogen and oxygen atoms in total. The number of aromatic hydroxyl groups is 4. The molecule has 0 aromatic heterocycles. The summed E-state index contributed by atoms with van der Waals surface area (Å²) < 4.78 is 0. The number of unbranched alkanes of at least 4 members (excludes halogenated alkanes) is 1. The molecule has 0 aliphatic carbocycles. The van der Waals surface area contributed by atoms with Gasteiger partial charge in [-0.3, -0.25) is 14.9 Å². The van der Waals surface area contributed by atoms with E-state index in [-0.39, 0.29) is 24.1 Å². The molecule has 30 heavy (non-hydrogen) atoms. The first-order valence-corrected chi connectivity index (χ1v) is 9.19. The minimum Gasteiger partial charge on any atom is -0.504 e. The molecule has 2 rings (SSSR count). The molecule has 2 unspecified atom stereocenters. The molecule has 0 saturated heterocycles. The van der Waals surface area contributed by atoms with Crippen LogP contribution in [-0.2, 0) is 4.79 Å². The molecule has 8 N–H and O–H groups in total. The Balaban J connectivity index is 1.82. The third-order valence-electron chi connectivity index (χ3n) is 4.46. The van der Waals surface area contributed by atoms with Gasteiger partial charge in [0.25, 0.3) is 5.91 Å². The van der Waals surface area contributed by atoms with Gasteiger partial charge in [-0.1, -0.05) is 18.2 Å². The fourth-order valence-corrected chi connectivity index (χ4v) is 2.81. The van der Waals surface area contributed by atoms with E-state index in [9.17, 15) is 40.2 Å². The Morgan fingerprint density at radius 2 is 1.53 bits per heavy atom. The normalized spacial score (nSPS) is 12.8. The molecule has 1 amide bonds. The number of phenols is 4. The number of amides is 1. The molecule has 0 heterocycles. The maximum absolute atomic E-state index is 12.0. The number of carbonyl (C=O) groups is 2. The third-order valence-corrected chi connectivity index (χ3v) is 4.46. The van der Waals surface area contributed by atoms with Crippen molar-refractivity contribution < 1.29 is 40.2 Å². The number of para-hydroxylation sites is 2. The fraction of sp³-hybridized carbons (Fsp3) is 0.300. The second-order valence-corrected chi connectivity index (χ2v) is 6.60. The highest BCUT2D eigenvalue weighted by molar-refractivity contribution is 5.97. The Morgan fingerprint density at radius 3 is 2.20 bits per heavy atom. The van der Waals surface area contributed by atoms with Gasteiger partial charge in [-0.2, -0.15) is 0 Å². The minimum atomic E-state index is -1.51. The molecule has 0 saturated carbocycles. The summed E-state index contributed by atoms with van der Waals surface area (Å²) in [6.07, 6.45) is -0.579. The van der Waals surface area contributed by atoms with E-state index in [1.807, 2.05) is 0 Å². The lowest BCUT2D eigenvalue weighted by Gasteiger charge is -2.20. The topological polar surface area (TPSA) is 180 Å². The van der Waals surface area contributed by atoms with Crippen molar-refractivity contribution in [2.24, 2.45) is 0 Å². The van der Waals surface area contributed by atoms with Crippen molar-refractivity contribution in [3.05, 3.63) is 47.5 Å². The summed E-state index contributed by atoms with van der Waals surface area (Å²) in [4.78, 5) is 23.5. The summed E-state index contributed by atoms with van der Waals surface area (Å²) >= 11 is 0. The van der Waals surface area contributed by atoms with Crippen molar-refractivity contribution in [3.8, 4) is 23.0 Å². The number of nitrogens with one attached hydrogen (secondary N) is 2. The van der Waals surface area contributed by atoms with Gasteiger partial charge < -0.3 is 36.0 Å². The predicted molar refractivity (Wildman–Crippen MR) is 105 cm³/mol. The number of hydrogen-bond donors (Lipinski definition) is 8. The van der Waals surface area contributed by atoms with Crippen LogP contribution >= 0.6 is 0 Å². The standard InChI is InChI=1S/C20H24N2O8/c23-14-8-3-5-11(16(14)25)18(27)21-10-2-1-7-13(20(29)30)22-19(28)12-6-4-9-15(24)17(12)26/h3-6,8-9,13,19,22-26,28H,1-2,7,10H2,(H,21,27)(H,29,30). The van der Waals surface area contributed by atoms with Crippen molar-refractivity contribution in [1.82, 2.24) is 10.6 Å². The highest BCUT2D eigenvalue weighted by atomic mass is 16.4. The number of rotatable bonds is 10. The number of aliphatic hydroxyl groups excluding tert-OH is 1. The molecular weight excluding hydrogens is 396 g/mol. The van der Waals surface area contributed by atoms with Crippen molar-refractivity contribution >= 4 is 11.9 Å². The van der Waals surface area contributed by atoms with Crippen LogP contribution in [-0.4, -0.2) is 55.1 Å². The van der Waals surface area contributed by atoms with Gasteiger partial charge in [0.15, 0.2) is 23.0 Å². The van der Waals surface area contributed by atoms with E-state index >= 15 is 0 Å². The van der Waals surface area contributed by atoms with E-state index in [0.29, 0.717) is 12.8 Å². The average Bonchev–Trinajstić information content (AvgIpc) is 2.70. The fourth-order valence-electron chi connectivity index (χ4n) is 2.81. The number of hydrogen-bond acceptors (Lipinski definition) is 8. The second kappa shape index (κ2) is 10.3. The average molecular weight is 420 g/mol. The summed E-state index contributed by atoms with van der Waals surface area (Å²) in [5.74, 6) is -3.69. The number of phenolic OH excluding ortho intramolecular Hbond substituents is 4. The lowest BCUT2D eigenvalue weighted by molar-refractivity contribution is -0.140. The number of carboxylic acids is 1. The SMILES string of the molecule is O=C(NCCCCC(NC(O)c1cccc(O)c1O)C(=O)O)c1cccc(O)c1O. The zero-order valence-corrected chi connectivity index (χ0v) is 15.9. The first-order valence-electron chi connectivity index (χ1n) is 9.19. The summed E-state index contributed by atoms with van der Waals surface area (Å²) in [5, 5.41) is 62.9. The lowest BCUT2D eigenvalue weighted by Crippen LogP contribution is -2.39. The predicted octanol–water partition coefficient (Wildman–Crippen LogP) is 1.14. The summed E-state index contributed by atoms with van der Waals surface area (Å²) in [5.41, 5.74) is -0.131. The maximum Gasteiger partial charge on any atom is 0.320 e. The van der Waals surface area contributed by atoms with Gasteiger partial charge in [-0.15, -0.1) is 0 Å². The van der Waals surface area contributed by atoms with Crippen molar-refractivity contribution in [2.45, 2.75) is 31.5 Å². The molecule has 162 valence electrons. The molecule has 0 fully saturated rings. The van der Waals surface area contributed by atoms with Crippen LogP contribution in [0.5, 0.6) is 23.0 Å². The highest BCUT2D eigenvalue weighted by Crippen LogP contribution is 2.32. The number of benzene rings is 2. The van der Waals surface area contributed by atoms with Crippen LogP contribution in [0.3, 0.4) is 0 Å². The van der Waals surface area contributed by atoms with Gasteiger partial charge in [-0.25, -0.2) is 0 Å². The molecule has 0 radical (unpaired) electrons. The lowest BCUT2D eigenvalue weighted by atomic mass is 10.1. The van der Waals surface area contributed by atoms with E-state index in [4.69, 9.17) is 0 Å². The Morgan fingerprint density at radius 1 is 0.900 bits per heavy atom. The van der Waals surface area contributed by atoms with E-state index in [1.54, 1.807) is 0 Å². The van der Waals surface area contributed by atoms with Gasteiger partial charge in [0.2, 0.25) is 0 Å². The quantitative estimate of drug-likeness (QED) is 0.159. The summed E-state index contributed by atoms with van der Waals surface area (Å²) in [6, 6.07) is 6.86. The first-order chi connectivity index (χ1) is 14.2. The Bertz CT molecular complexity index is 902. The van der Waals surface area contributed by atoms with Crippen molar-refractivity contribution in [3.63, 3.8) is 0 Å². The van der Waals surface area contributed by atoms with Gasteiger partial charge in [0.05, 0.1) is 5.56 Å². The molecule has 2 aromatic rings. The van der Waals surface area contributed by atoms with Crippen LogP contribution < -0.4 is 10.6 Å². The molecule has 10 heteroatoms. The highest BCUT2D eigenvalue weighted by Gasteiger charge is 2.23. The monoisotopic (exact) mass is 420 g/mol. The Kier molecular flexibility index (Phi) is 7.84. The van der Waals surface area contributed by atoms with E-state index < -0.39 is 47.1 Å². The number of aliphatic hydroxyl groups is 1. The molecule has 2 aromatic carbocycles. The van der Waals surface area contributed by atoms with Crippen LogP contribution in [0.25, 0.3) is 0 Å². The molecular formula is C20H24N2O8. The Labute approximate surface area is 172 Å². The van der Waals surface area contributed by atoms with E-state index in [1.165, 1.54) is 36.4 Å². The molecule has 0 spiro atoms. The summed E-state index contributed by atoms with van der Waals surface area (Å²) in [6.45, 7) is 0.205. The van der Waals surface area contributed by atoms with Crippen LogP contribution in [0.4, 0.5) is 0 Å². The van der Waals surface area contributed by atoms with Crippen LogP contribution in [0.2, 0.25) is 0 Å². The third kappa shape index (κ3) is 5.75. The van der Waals surface area contributed by atoms with E-state index in [2.05, 4.69) is 10.6 Å². The van der Waals surface area contributed by atoms with Crippen LogP contribution in [0.1, 0.15) is 41.4 Å². The second-order valence-electron chi connectivity index (χ2n) is 6.60. The molecule has 0 bridgehead atoms. The van der Waals surface area contributed by atoms with Crippen molar-refractivity contribution in [2.75, 3.05) is 6.54 Å². The van der Waals surface area contributed by atoms with Gasteiger partial charge >= 0.3 is 5.97 Å².